The normalized spacial score (nSPS) is 17.6. The molecule has 0 aliphatic carbocycles. The standard InChI is InChI=1S/C7H11NO2/c1-2-4-7(9)10-8-5-3-6-8/h2H,1,3-6H2. The smallest absolute Gasteiger partial charge is 0.328 e. The predicted molar refractivity (Wildman–Crippen MR) is 37.1 cm³/mol. The minimum absolute atomic E-state index is 0.213. The summed E-state index contributed by atoms with van der Waals surface area (Å²) in [6.45, 7) is 5.19. The van der Waals surface area contributed by atoms with Crippen LogP contribution in [0, 0.1) is 0 Å². The lowest BCUT2D eigenvalue weighted by atomic mass is 10.3. The van der Waals surface area contributed by atoms with E-state index in [1.54, 1.807) is 11.1 Å². The largest absolute Gasteiger partial charge is 0.368 e. The number of carbonyl (C=O) groups is 1. The van der Waals surface area contributed by atoms with Gasteiger partial charge in [-0.3, -0.25) is 4.79 Å². The average molecular weight is 141 g/mol. The lowest BCUT2D eigenvalue weighted by Gasteiger charge is -2.28. The van der Waals surface area contributed by atoms with Crippen molar-refractivity contribution < 1.29 is 9.63 Å². The van der Waals surface area contributed by atoms with Crippen LogP contribution in [-0.2, 0) is 9.63 Å². The quantitative estimate of drug-likeness (QED) is 0.542. The first-order valence-corrected chi connectivity index (χ1v) is 3.39. The molecule has 56 valence electrons. The van der Waals surface area contributed by atoms with Crippen LogP contribution in [-0.4, -0.2) is 24.1 Å². The van der Waals surface area contributed by atoms with E-state index >= 15 is 0 Å². The third kappa shape index (κ3) is 1.84. The molecule has 1 aliphatic heterocycles. The van der Waals surface area contributed by atoms with Gasteiger partial charge in [0.2, 0.25) is 0 Å². The fraction of sp³-hybridized carbons (Fsp3) is 0.571. The van der Waals surface area contributed by atoms with Gasteiger partial charge in [0.1, 0.15) is 0 Å². The molecule has 0 aromatic carbocycles. The van der Waals surface area contributed by atoms with Crippen LogP contribution in [0.1, 0.15) is 12.8 Å². The molecule has 0 N–H and O–H groups in total. The van der Waals surface area contributed by atoms with Gasteiger partial charge in [-0.2, -0.15) is 0 Å². The lowest BCUT2D eigenvalue weighted by Crippen LogP contribution is -2.38. The Morgan fingerprint density at radius 3 is 2.80 bits per heavy atom. The molecule has 1 aliphatic rings. The molecule has 0 amide bonds. The van der Waals surface area contributed by atoms with Gasteiger partial charge in [-0.05, 0) is 6.42 Å². The SMILES string of the molecule is C=CCC(=O)ON1CCC1. The van der Waals surface area contributed by atoms with E-state index in [2.05, 4.69) is 6.58 Å². The van der Waals surface area contributed by atoms with E-state index in [1.165, 1.54) is 0 Å². The number of hydroxylamine groups is 2. The summed E-state index contributed by atoms with van der Waals surface area (Å²) in [5.74, 6) is -0.213. The number of hydrogen-bond donors (Lipinski definition) is 0. The summed E-state index contributed by atoms with van der Waals surface area (Å²) in [6, 6.07) is 0. The van der Waals surface area contributed by atoms with Crippen molar-refractivity contribution in [3.05, 3.63) is 12.7 Å². The maximum atomic E-state index is 10.7. The minimum Gasteiger partial charge on any atom is -0.368 e. The van der Waals surface area contributed by atoms with Gasteiger partial charge in [0, 0.05) is 13.1 Å². The molecule has 1 rings (SSSR count). The molecule has 0 aromatic rings. The van der Waals surface area contributed by atoms with E-state index in [0.29, 0.717) is 6.42 Å². The molecule has 0 aromatic heterocycles. The van der Waals surface area contributed by atoms with Crippen LogP contribution >= 0.6 is 0 Å². The van der Waals surface area contributed by atoms with Crippen molar-refractivity contribution in [2.45, 2.75) is 12.8 Å². The highest BCUT2D eigenvalue weighted by Crippen LogP contribution is 2.06. The van der Waals surface area contributed by atoms with E-state index in [9.17, 15) is 4.79 Å². The van der Waals surface area contributed by atoms with Crippen LogP contribution in [0.3, 0.4) is 0 Å². The predicted octanol–water partition coefficient (Wildman–Crippen LogP) is 0.726. The van der Waals surface area contributed by atoms with Crippen molar-refractivity contribution in [3.8, 4) is 0 Å². The topological polar surface area (TPSA) is 29.5 Å². The molecule has 3 heteroatoms. The molecule has 0 bridgehead atoms. The highest BCUT2D eigenvalue weighted by atomic mass is 16.7. The fourth-order valence-electron chi connectivity index (χ4n) is 0.678. The number of rotatable bonds is 3. The van der Waals surface area contributed by atoms with Gasteiger partial charge in [0.05, 0.1) is 6.42 Å². The third-order valence-corrected chi connectivity index (χ3v) is 1.36. The molecular formula is C7H11NO2. The maximum Gasteiger partial charge on any atom is 0.328 e. The molecule has 1 saturated heterocycles. The summed E-state index contributed by atoms with van der Waals surface area (Å²) in [6.07, 6.45) is 2.97. The van der Waals surface area contributed by atoms with Crippen molar-refractivity contribution in [3.63, 3.8) is 0 Å². The Balaban J connectivity index is 2.10. The Morgan fingerprint density at radius 1 is 1.70 bits per heavy atom. The summed E-state index contributed by atoms with van der Waals surface area (Å²) < 4.78 is 0. The van der Waals surface area contributed by atoms with Crippen LogP contribution in [0.2, 0.25) is 0 Å². The first-order chi connectivity index (χ1) is 4.83. The third-order valence-electron chi connectivity index (χ3n) is 1.36. The number of carbonyl (C=O) groups excluding carboxylic acids is 1. The summed E-state index contributed by atoms with van der Waals surface area (Å²) >= 11 is 0. The Labute approximate surface area is 60.2 Å². The first kappa shape index (κ1) is 7.28. The van der Waals surface area contributed by atoms with E-state index in [1.807, 2.05) is 0 Å². The summed E-state index contributed by atoms with van der Waals surface area (Å²) in [7, 11) is 0. The van der Waals surface area contributed by atoms with Crippen molar-refractivity contribution in [1.29, 1.82) is 0 Å². The Morgan fingerprint density at radius 2 is 2.40 bits per heavy atom. The van der Waals surface area contributed by atoms with Gasteiger partial charge in [-0.25, -0.2) is 0 Å². The summed E-state index contributed by atoms with van der Waals surface area (Å²) in [5.41, 5.74) is 0. The Hall–Kier alpha value is -0.830. The monoisotopic (exact) mass is 141 g/mol. The molecule has 1 fully saturated rings. The maximum absolute atomic E-state index is 10.7. The molecule has 10 heavy (non-hydrogen) atoms. The zero-order valence-electron chi connectivity index (χ0n) is 5.88. The fourth-order valence-corrected chi connectivity index (χ4v) is 0.678. The molecule has 1 heterocycles. The van der Waals surface area contributed by atoms with Crippen LogP contribution in [0.4, 0.5) is 0 Å². The zero-order valence-corrected chi connectivity index (χ0v) is 5.88. The highest BCUT2D eigenvalue weighted by Gasteiger charge is 2.17. The van der Waals surface area contributed by atoms with Gasteiger partial charge < -0.3 is 4.84 Å². The molecule has 0 radical (unpaired) electrons. The van der Waals surface area contributed by atoms with Gasteiger partial charge in [0.25, 0.3) is 0 Å². The van der Waals surface area contributed by atoms with Crippen molar-refractivity contribution in [1.82, 2.24) is 5.06 Å². The Bertz CT molecular complexity index is 141. The lowest BCUT2D eigenvalue weighted by molar-refractivity contribution is -0.206. The van der Waals surface area contributed by atoms with Gasteiger partial charge >= 0.3 is 5.97 Å². The van der Waals surface area contributed by atoms with Crippen molar-refractivity contribution in [2.75, 3.05) is 13.1 Å². The van der Waals surface area contributed by atoms with Crippen LogP contribution in [0.15, 0.2) is 12.7 Å². The van der Waals surface area contributed by atoms with Gasteiger partial charge in [0.15, 0.2) is 0 Å². The number of hydrogen-bond acceptors (Lipinski definition) is 3. The highest BCUT2D eigenvalue weighted by molar-refractivity contribution is 5.70. The van der Waals surface area contributed by atoms with Crippen LogP contribution < -0.4 is 0 Å². The van der Waals surface area contributed by atoms with E-state index in [0.717, 1.165) is 19.5 Å². The molecule has 0 spiro atoms. The molecule has 0 atom stereocenters. The molecular weight excluding hydrogens is 130 g/mol. The number of nitrogens with zero attached hydrogens (tertiary/aromatic N) is 1. The van der Waals surface area contributed by atoms with Crippen LogP contribution in [0.5, 0.6) is 0 Å². The van der Waals surface area contributed by atoms with Gasteiger partial charge in [-0.15, -0.1) is 11.6 Å². The Kier molecular flexibility index (Phi) is 2.45. The minimum atomic E-state index is -0.213. The second-order valence-electron chi connectivity index (χ2n) is 2.24. The van der Waals surface area contributed by atoms with Crippen LogP contribution in [0.25, 0.3) is 0 Å². The molecule has 3 nitrogen and oxygen atoms in total. The van der Waals surface area contributed by atoms with E-state index in [-0.39, 0.29) is 5.97 Å². The molecule has 0 saturated carbocycles. The van der Waals surface area contributed by atoms with Crippen molar-refractivity contribution >= 4 is 5.97 Å². The van der Waals surface area contributed by atoms with E-state index in [4.69, 9.17) is 4.84 Å². The van der Waals surface area contributed by atoms with Gasteiger partial charge in [-0.1, -0.05) is 6.08 Å². The first-order valence-electron chi connectivity index (χ1n) is 3.39. The zero-order chi connectivity index (χ0) is 7.40. The molecule has 0 unspecified atom stereocenters. The van der Waals surface area contributed by atoms with Crippen molar-refractivity contribution in [2.24, 2.45) is 0 Å². The second-order valence-corrected chi connectivity index (χ2v) is 2.24. The average Bonchev–Trinajstić information content (AvgIpc) is 1.80. The summed E-state index contributed by atoms with van der Waals surface area (Å²) in [5, 5.41) is 1.66. The second kappa shape index (κ2) is 3.37. The summed E-state index contributed by atoms with van der Waals surface area (Å²) in [4.78, 5) is 15.6. The van der Waals surface area contributed by atoms with E-state index < -0.39 is 0 Å².